The highest BCUT2D eigenvalue weighted by Crippen LogP contribution is 2.39. The molecule has 21 heavy (non-hydrogen) atoms. The van der Waals surface area contributed by atoms with Gasteiger partial charge in [-0.15, -0.1) is 0 Å². The zero-order valence-electron chi connectivity index (χ0n) is 12.4. The summed E-state index contributed by atoms with van der Waals surface area (Å²) < 4.78 is 27.0. The molecule has 0 spiro atoms. The molecule has 1 atom stereocenters. The number of rotatable bonds is 2. The second-order valence-electron chi connectivity index (χ2n) is 6.49. The molecule has 1 unspecified atom stereocenters. The monoisotopic (exact) mass is 350 g/mol. The molecule has 2 N–H and O–H groups in total. The maximum absolute atomic E-state index is 12.7. The zero-order chi connectivity index (χ0) is 16.0. The summed E-state index contributed by atoms with van der Waals surface area (Å²) in [5, 5.41) is 0.259. The molecule has 0 aliphatic carbocycles. The van der Waals surface area contributed by atoms with Gasteiger partial charge in [0.15, 0.2) is 0 Å². The SMILES string of the molecule is CC(C)(C)C1CCN(S(=O)(=O)c2ccc(Cl)c(N)c2Cl)C1. The Hall–Kier alpha value is -0.490. The van der Waals surface area contributed by atoms with Crippen LogP contribution in [0.15, 0.2) is 17.0 Å². The lowest BCUT2D eigenvalue weighted by atomic mass is 9.80. The minimum absolute atomic E-state index is 0.00158. The first-order chi connectivity index (χ1) is 9.55. The smallest absolute Gasteiger partial charge is 0.244 e. The Balaban J connectivity index is 2.35. The van der Waals surface area contributed by atoms with Crippen LogP contribution in [-0.4, -0.2) is 25.8 Å². The molecule has 4 nitrogen and oxygen atoms in total. The summed E-state index contributed by atoms with van der Waals surface area (Å²) in [5.41, 5.74) is 5.91. The van der Waals surface area contributed by atoms with Crippen LogP contribution in [-0.2, 0) is 10.0 Å². The van der Waals surface area contributed by atoms with Gasteiger partial charge in [-0.25, -0.2) is 8.42 Å². The van der Waals surface area contributed by atoms with E-state index in [1.54, 1.807) is 0 Å². The van der Waals surface area contributed by atoms with Crippen LogP contribution in [0.4, 0.5) is 5.69 Å². The number of benzene rings is 1. The number of nitrogens with two attached hydrogens (primary N) is 1. The van der Waals surface area contributed by atoms with Crippen LogP contribution in [0.3, 0.4) is 0 Å². The Morgan fingerprint density at radius 3 is 2.43 bits per heavy atom. The van der Waals surface area contributed by atoms with Crippen molar-refractivity contribution in [1.29, 1.82) is 0 Å². The van der Waals surface area contributed by atoms with Gasteiger partial charge in [-0.2, -0.15) is 4.31 Å². The van der Waals surface area contributed by atoms with Crippen molar-refractivity contribution in [2.24, 2.45) is 11.3 Å². The summed E-state index contributed by atoms with van der Waals surface area (Å²) >= 11 is 11.9. The molecule has 0 amide bonds. The molecule has 7 heteroatoms. The van der Waals surface area contributed by atoms with E-state index in [2.05, 4.69) is 20.8 Å². The lowest BCUT2D eigenvalue weighted by Gasteiger charge is -2.27. The standard InChI is InChI=1S/C14H20Cl2N2O2S/c1-14(2,3)9-6-7-18(8-9)21(19,20)11-5-4-10(15)13(17)12(11)16/h4-5,9H,6-8,17H2,1-3H3. The number of nitrogen functional groups attached to an aromatic ring is 1. The van der Waals surface area contributed by atoms with Crippen LogP contribution in [0, 0.1) is 11.3 Å². The predicted octanol–water partition coefficient (Wildman–Crippen LogP) is 3.63. The first-order valence-electron chi connectivity index (χ1n) is 6.78. The van der Waals surface area contributed by atoms with Crippen molar-refractivity contribution in [2.75, 3.05) is 18.8 Å². The Morgan fingerprint density at radius 1 is 1.29 bits per heavy atom. The molecule has 0 saturated carbocycles. The Bertz CT molecular complexity index is 654. The third kappa shape index (κ3) is 3.16. The zero-order valence-corrected chi connectivity index (χ0v) is 14.7. The predicted molar refractivity (Wildman–Crippen MR) is 87.2 cm³/mol. The molecule has 0 aromatic heterocycles. The molecule has 0 bridgehead atoms. The van der Waals surface area contributed by atoms with Crippen LogP contribution < -0.4 is 5.73 Å². The lowest BCUT2D eigenvalue weighted by Crippen LogP contribution is -2.31. The minimum Gasteiger partial charge on any atom is -0.396 e. The molecule has 1 aliphatic rings. The molecule has 1 aromatic carbocycles. The topological polar surface area (TPSA) is 63.4 Å². The average Bonchev–Trinajstić information content (AvgIpc) is 2.85. The highest BCUT2D eigenvalue weighted by Gasteiger charge is 2.38. The van der Waals surface area contributed by atoms with E-state index in [1.165, 1.54) is 16.4 Å². The summed E-state index contributed by atoms with van der Waals surface area (Å²) in [6, 6.07) is 2.88. The highest BCUT2D eigenvalue weighted by atomic mass is 35.5. The summed E-state index contributed by atoms with van der Waals surface area (Å²) in [6.07, 6.45) is 0.851. The van der Waals surface area contributed by atoms with Crippen molar-refractivity contribution >= 4 is 38.9 Å². The summed E-state index contributed by atoms with van der Waals surface area (Å²) in [6.45, 7) is 7.39. The first kappa shape index (κ1) is 16.9. The van der Waals surface area contributed by atoms with Crippen LogP contribution in [0.2, 0.25) is 10.0 Å². The van der Waals surface area contributed by atoms with Crippen LogP contribution in [0.1, 0.15) is 27.2 Å². The third-order valence-electron chi connectivity index (χ3n) is 4.08. The van der Waals surface area contributed by atoms with Crippen molar-refractivity contribution in [2.45, 2.75) is 32.1 Å². The van der Waals surface area contributed by atoms with E-state index in [1.807, 2.05) is 0 Å². The second kappa shape index (κ2) is 5.61. The highest BCUT2D eigenvalue weighted by molar-refractivity contribution is 7.89. The lowest BCUT2D eigenvalue weighted by molar-refractivity contribution is 0.252. The summed E-state index contributed by atoms with van der Waals surface area (Å²) in [7, 11) is -3.64. The molecule has 1 heterocycles. The molecule has 0 radical (unpaired) electrons. The van der Waals surface area contributed by atoms with Gasteiger partial charge in [0.05, 0.1) is 15.7 Å². The number of hydrogen-bond donors (Lipinski definition) is 1. The van der Waals surface area contributed by atoms with Gasteiger partial charge in [0, 0.05) is 13.1 Å². The van der Waals surface area contributed by atoms with Crippen LogP contribution in [0.5, 0.6) is 0 Å². The molecule has 1 fully saturated rings. The molecule has 1 aliphatic heterocycles. The molecular formula is C14H20Cl2N2O2S. The van der Waals surface area contributed by atoms with E-state index in [4.69, 9.17) is 28.9 Å². The van der Waals surface area contributed by atoms with Crippen molar-refractivity contribution in [1.82, 2.24) is 4.31 Å². The van der Waals surface area contributed by atoms with E-state index in [9.17, 15) is 8.42 Å². The van der Waals surface area contributed by atoms with Crippen molar-refractivity contribution in [3.05, 3.63) is 22.2 Å². The van der Waals surface area contributed by atoms with Crippen LogP contribution >= 0.6 is 23.2 Å². The fourth-order valence-electron chi connectivity index (χ4n) is 2.54. The van der Waals surface area contributed by atoms with E-state index in [0.29, 0.717) is 19.0 Å². The Labute approximate surface area is 136 Å². The quantitative estimate of drug-likeness (QED) is 0.828. The maximum Gasteiger partial charge on any atom is 0.244 e. The number of halogens is 2. The maximum atomic E-state index is 12.7. The fourth-order valence-corrected chi connectivity index (χ4v) is 4.78. The normalized spacial score (nSPS) is 20.9. The van der Waals surface area contributed by atoms with Gasteiger partial charge in [0.1, 0.15) is 4.90 Å². The number of hydrogen-bond acceptors (Lipinski definition) is 3. The van der Waals surface area contributed by atoms with Gasteiger partial charge >= 0.3 is 0 Å². The van der Waals surface area contributed by atoms with Gasteiger partial charge in [-0.1, -0.05) is 44.0 Å². The van der Waals surface area contributed by atoms with Gasteiger partial charge < -0.3 is 5.73 Å². The van der Waals surface area contributed by atoms with E-state index in [0.717, 1.165) is 6.42 Å². The molecule has 118 valence electrons. The van der Waals surface area contributed by atoms with Crippen molar-refractivity contribution in [3.8, 4) is 0 Å². The average molecular weight is 351 g/mol. The van der Waals surface area contributed by atoms with Gasteiger partial charge in [-0.3, -0.25) is 0 Å². The molecule has 1 aromatic rings. The van der Waals surface area contributed by atoms with Crippen molar-refractivity contribution in [3.63, 3.8) is 0 Å². The number of nitrogens with zero attached hydrogens (tertiary/aromatic N) is 1. The molecular weight excluding hydrogens is 331 g/mol. The van der Waals surface area contributed by atoms with E-state index in [-0.39, 0.29) is 26.0 Å². The number of anilines is 1. The Morgan fingerprint density at radius 2 is 1.90 bits per heavy atom. The van der Waals surface area contributed by atoms with E-state index < -0.39 is 10.0 Å². The summed E-state index contributed by atoms with van der Waals surface area (Å²) in [4.78, 5) is 0.0284. The third-order valence-corrected chi connectivity index (χ3v) is 6.84. The molecule has 2 rings (SSSR count). The van der Waals surface area contributed by atoms with Gasteiger partial charge in [0.25, 0.3) is 0 Å². The Kier molecular flexibility index (Phi) is 4.51. The van der Waals surface area contributed by atoms with E-state index >= 15 is 0 Å². The minimum atomic E-state index is -3.64. The van der Waals surface area contributed by atoms with Gasteiger partial charge in [0.2, 0.25) is 10.0 Å². The first-order valence-corrected chi connectivity index (χ1v) is 8.98. The molecule has 1 saturated heterocycles. The summed E-state index contributed by atoms with van der Waals surface area (Å²) in [5.74, 6) is 0.329. The van der Waals surface area contributed by atoms with Crippen LogP contribution in [0.25, 0.3) is 0 Å². The van der Waals surface area contributed by atoms with Crippen molar-refractivity contribution < 1.29 is 8.42 Å². The number of sulfonamides is 1. The largest absolute Gasteiger partial charge is 0.396 e. The second-order valence-corrected chi connectivity index (χ2v) is 9.18. The van der Waals surface area contributed by atoms with Gasteiger partial charge in [-0.05, 0) is 29.9 Å². The fraction of sp³-hybridized carbons (Fsp3) is 0.571.